The Bertz CT molecular complexity index is 1540. The summed E-state index contributed by atoms with van der Waals surface area (Å²) in [7, 11) is -4.42. The molecule has 3 amide bonds. The van der Waals surface area contributed by atoms with Crippen LogP contribution in [0.15, 0.2) is 36.4 Å². The van der Waals surface area contributed by atoms with Crippen molar-refractivity contribution < 1.29 is 41.8 Å². The summed E-state index contributed by atoms with van der Waals surface area (Å²) < 4.78 is 56.1. The molecule has 2 N–H and O–H groups in total. The molecule has 1 aliphatic carbocycles. The minimum Gasteiger partial charge on any atom is -0.487 e. The average Bonchev–Trinajstić information content (AvgIpc) is 3.64. The van der Waals surface area contributed by atoms with E-state index in [9.17, 15) is 27.9 Å². The van der Waals surface area contributed by atoms with Crippen LogP contribution in [0, 0.1) is 11.7 Å². The van der Waals surface area contributed by atoms with Crippen molar-refractivity contribution in [2.45, 2.75) is 71.1 Å². The quantitative estimate of drug-likeness (QED) is 0.435. The van der Waals surface area contributed by atoms with Gasteiger partial charge in [0.15, 0.2) is 5.82 Å². The number of nitrogens with one attached hydrogen (secondary N) is 1. The van der Waals surface area contributed by atoms with Gasteiger partial charge in [-0.3, -0.25) is 9.69 Å². The SMILES string of the molecule is CC(C)(C)OC(=O)N(CC1CCCC1)C[C@H]1Cc2c(cc(OCc3ccccc3)c(N3CC(=O)NS3(=O)=O)c2F)N1C(=O)O. The number of anilines is 2. The van der Waals surface area contributed by atoms with E-state index in [2.05, 4.69) is 0 Å². The molecule has 14 heteroatoms. The highest BCUT2D eigenvalue weighted by Crippen LogP contribution is 2.46. The van der Waals surface area contributed by atoms with E-state index < -0.39 is 58.0 Å². The van der Waals surface area contributed by atoms with Gasteiger partial charge >= 0.3 is 22.4 Å². The van der Waals surface area contributed by atoms with Gasteiger partial charge in [-0.2, -0.15) is 8.42 Å². The van der Waals surface area contributed by atoms with Gasteiger partial charge in [-0.25, -0.2) is 23.0 Å². The second kappa shape index (κ2) is 12.1. The summed E-state index contributed by atoms with van der Waals surface area (Å²) in [5.74, 6) is -1.87. The van der Waals surface area contributed by atoms with E-state index >= 15 is 4.39 Å². The molecule has 2 heterocycles. The number of nitrogens with zero attached hydrogens (tertiary/aromatic N) is 3. The van der Waals surface area contributed by atoms with E-state index in [4.69, 9.17) is 9.47 Å². The standard InChI is InChI=1S/C30H37FN4O8S/c1-30(2,3)43-29(39)33(15-19-9-7-8-10-19)16-21-13-22-23(35(21)28(37)38)14-24(42-18-20-11-5-4-6-12-20)27(26(22)31)34-17-25(36)32-44(34,40)41/h4-6,11-12,14,19,21H,7-10,13,15-18H2,1-3H3,(H,32,36)(H,37,38)/t21-/m1/s1. The third kappa shape index (κ3) is 6.69. The van der Waals surface area contributed by atoms with Crippen molar-refractivity contribution in [3.63, 3.8) is 0 Å². The molecule has 12 nitrogen and oxygen atoms in total. The zero-order valence-electron chi connectivity index (χ0n) is 24.9. The summed E-state index contributed by atoms with van der Waals surface area (Å²) in [4.78, 5) is 40.5. The Balaban J connectivity index is 1.53. The summed E-state index contributed by atoms with van der Waals surface area (Å²) in [5.41, 5.74) is -0.647. The van der Waals surface area contributed by atoms with Crippen LogP contribution in [0.5, 0.6) is 5.75 Å². The monoisotopic (exact) mass is 632 g/mol. The third-order valence-corrected chi connectivity index (χ3v) is 9.27. The number of hydrogen-bond acceptors (Lipinski definition) is 7. The zero-order chi connectivity index (χ0) is 31.8. The van der Waals surface area contributed by atoms with Crippen LogP contribution < -0.4 is 18.7 Å². The molecule has 44 heavy (non-hydrogen) atoms. The Labute approximate surface area is 255 Å². The summed E-state index contributed by atoms with van der Waals surface area (Å²) in [6.07, 6.45) is 1.85. The van der Waals surface area contributed by atoms with Crippen LogP contribution in [0.2, 0.25) is 0 Å². The fraction of sp³-hybridized carbons (Fsp3) is 0.500. The van der Waals surface area contributed by atoms with Gasteiger partial charge < -0.3 is 19.5 Å². The van der Waals surface area contributed by atoms with Crippen LogP contribution in [-0.4, -0.2) is 67.8 Å². The minimum absolute atomic E-state index is 0.0207. The van der Waals surface area contributed by atoms with E-state index in [1.54, 1.807) is 51.1 Å². The molecule has 1 saturated heterocycles. The molecule has 0 spiro atoms. The predicted octanol–water partition coefficient (Wildman–Crippen LogP) is 4.42. The lowest BCUT2D eigenvalue weighted by Gasteiger charge is -2.33. The molecule has 3 aliphatic rings. The largest absolute Gasteiger partial charge is 0.487 e. The van der Waals surface area contributed by atoms with Crippen molar-refractivity contribution in [1.29, 1.82) is 0 Å². The van der Waals surface area contributed by atoms with Crippen molar-refractivity contribution in [2.24, 2.45) is 5.92 Å². The molecule has 0 bridgehead atoms. The summed E-state index contributed by atoms with van der Waals surface area (Å²) >= 11 is 0. The highest BCUT2D eigenvalue weighted by Gasteiger charge is 2.44. The molecular weight excluding hydrogens is 595 g/mol. The number of carbonyl (C=O) groups is 3. The van der Waals surface area contributed by atoms with E-state index in [1.165, 1.54) is 11.0 Å². The number of amides is 3. The molecule has 5 rings (SSSR count). The molecular formula is C30H37FN4O8S. The smallest absolute Gasteiger partial charge is 0.412 e. The number of carboxylic acid groups (broad SMARTS) is 1. The van der Waals surface area contributed by atoms with Gasteiger partial charge in [-0.15, -0.1) is 0 Å². The second-order valence-corrected chi connectivity index (χ2v) is 14.0. The van der Waals surface area contributed by atoms with Crippen LogP contribution in [-0.2, 0) is 32.8 Å². The fourth-order valence-electron chi connectivity index (χ4n) is 6.01. The lowest BCUT2D eigenvalue weighted by molar-refractivity contribution is -0.117. The van der Waals surface area contributed by atoms with E-state index in [1.807, 2.05) is 4.72 Å². The fourth-order valence-corrected chi connectivity index (χ4v) is 7.17. The number of hydrogen-bond donors (Lipinski definition) is 2. The Morgan fingerprint density at radius 2 is 1.82 bits per heavy atom. The average molecular weight is 633 g/mol. The van der Waals surface area contributed by atoms with Gasteiger partial charge in [0.25, 0.3) is 5.91 Å². The Kier molecular flexibility index (Phi) is 8.65. The molecule has 0 aromatic heterocycles. The maximum Gasteiger partial charge on any atom is 0.412 e. The summed E-state index contributed by atoms with van der Waals surface area (Å²) in [5, 5.41) is 10.3. The first-order valence-corrected chi connectivity index (χ1v) is 16.0. The van der Waals surface area contributed by atoms with Gasteiger partial charge in [0, 0.05) is 31.1 Å². The number of halogens is 1. The van der Waals surface area contributed by atoms with Crippen molar-refractivity contribution in [1.82, 2.24) is 9.62 Å². The van der Waals surface area contributed by atoms with Crippen LogP contribution in [0.4, 0.5) is 25.4 Å². The lowest BCUT2D eigenvalue weighted by Crippen LogP contribution is -2.49. The summed E-state index contributed by atoms with van der Waals surface area (Å²) in [6.45, 7) is 4.79. The molecule has 0 radical (unpaired) electrons. The lowest BCUT2D eigenvalue weighted by atomic mass is 10.1. The van der Waals surface area contributed by atoms with Crippen molar-refractivity contribution >= 4 is 39.7 Å². The first kappa shape index (κ1) is 31.4. The molecule has 238 valence electrons. The zero-order valence-corrected chi connectivity index (χ0v) is 25.7. The Morgan fingerprint density at radius 1 is 1.14 bits per heavy atom. The van der Waals surface area contributed by atoms with Gasteiger partial charge in [-0.1, -0.05) is 43.2 Å². The molecule has 1 saturated carbocycles. The highest BCUT2D eigenvalue weighted by molar-refractivity contribution is 7.92. The van der Waals surface area contributed by atoms with Crippen LogP contribution in [0.25, 0.3) is 0 Å². The third-order valence-electron chi connectivity index (χ3n) is 7.90. The van der Waals surface area contributed by atoms with Crippen molar-refractivity contribution in [2.75, 3.05) is 28.8 Å². The number of fused-ring (bicyclic) bond motifs is 1. The molecule has 0 unspecified atom stereocenters. The molecule has 2 fully saturated rings. The molecule has 1 atom stereocenters. The van der Waals surface area contributed by atoms with Crippen LogP contribution in [0.3, 0.4) is 0 Å². The van der Waals surface area contributed by atoms with Gasteiger partial charge in [-0.05, 0) is 45.1 Å². The van der Waals surface area contributed by atoms with E-state index in [0.29, 0.717) is 16.4 Å². The van der Waals surface area contributed by atoms with Crippen LogP contribution in [0.1, 0.15) is 57.6 Å². The number of ether oxygens (including phenoxy) is 2. The predicted molar refractivity (Wildman–Crippen MR) is 159 cm³/mol. The molecule has 2 aromatic carbocycles. The highest BCUT2D eigenvalue weighted by atomic mass is 32.2. The topological polar surface area (TPSA) is 146 Å². The maximum atomic E-state index is 16.5. The van der Waals surface area contributed by atoms with Gasteiger partial charge in [0.05, 0.1) is 11.7 Å². The molecule has 2 aromatic rings. The first-order valence-electron chi connectivity index (χ1n) is 14.6. The second-order valence-electron chi connectivity index (χ2n) is 12.4. The van der Waals surface area contributed by atoms with Crippen LogP contribution >= 0.6 is 0 Å². The number of carbonyl (C=O) groups excluding carboxylic acids is 2. The minimum atomic E-state index is -4.42. The maximum absolute atomic E-state index is 16.5. The van der Waals surface area contributed by atoms with Crippen molar-refractivity contribution in [3.05, 3.63) is 53.3 Å². The molecule has 2 aliphatic heterocycles. The van der Waals surface area contributed by atoms with Gasteiger partial charge in [0.1, 0.15) is 30.2 Å². The summed E-state index contributed by atoms with van der Waals surface area (Å²) in [6, 6.07) is 9.27. The Morgan fingerprint density at radius 3 is 2.41 bits per heavy atom. The van der Waals surface area contributed by atoms with E-state index in [-0.39, 0.29) is 42.5 Å². The van der Waals surface area contributed by atoms with E-state index in [0.717, 1.165) is 30.6 Å². The number of benzene rings is 2. The van der Waals surface area contributed by atoms with Gasteiger partial charge in [0.2, 0.25) is 0 Å². The Hall–Kier alpha value is -4.07. The van der Waals surface area contributed by atoms with Crippen molar-refractivity contribution in [3.8, 4) is 5.75 Å². The first-order chi connectivity index (χ1) is 20.7. The normalized spacial score (nSPS) is 19.5. The number of rotatable bonds is 8.